The fraction of sp³-hybridized carbons (Fsp3) is 0.292. The molecule has 0 saturated carbocycles. The molecular weight excluding hydrogens is 408 g/mol. The van der Waals surface area contributed by atoms with Gasteiger partial charge in [-0.1, -0.05) is 36.4 Å². The molecule has 0 atom stereocenters. The molecule has 0 bridgehead atoms. The van der Waals surface area contributed by atoms with E-state index in [-0.39, 0.29) is 11.8 Å². The molecule has 3 aromatic rings. The SMILES string of the molecule is O=C(/C=C/c1ccc2ccccc2c1)N1CC(N2CCN(C(=O)c3nccs3)CC2)C1. The summed E-state index contributed by atoms with van der Waals surface area (Å²) in [7, 11) is 0. The van der Waals surface area contributed by atoms with Gasteiger partial charge in [0, 0.05) is 63.0 Å². The van der Waals surface area contributed by atoms with Crippen LogP contribution in [0.3, 0.4) is 0 Å². The van der Waals surface area contributed by atoms with Gasteiger partial charge in [-0.05, 0) is 28.5 Å². The van der Waals surface area contributed by atoms with Crippen LogP contribution < -0.4 is 0 Å². The lowest BCUT2D eigenvalue weighted by Gasteiger charge is -2.47. The standard InChI is InChI=1S/C24H24N4O2S/c29-22(8-6-18-5-7-19-3-1-2-4-20(19)15-18)28-16-21(17-28)26-10-12-27(13-11-26)24(30)23-25-9-14-31-23/h1-9,14-15,21H,10-13,16-17H2/b8-6+. The van der Waals surface area contributed by atoms with Gasteiger partial charge in [0.05, 0.1) is 0 Å². The number of thiazole rings is 1. The van der Waals surface area contributed by atoms with Crippen LogP contribution in [-0.4, -0.2) is 76.8 Å². The topological polar surface area (TPSA) is 56.8 Å². The maximum absolute atomic E-state index is 12.5. The summed E-state index contributed by atoms with van der Waals surface area (Å²) in [6, 6.07) is 14.8. The minimum absolute atomic E-state index is 0.0268. The van der Waals surface area contributed by atoms with Crippen molar-refractivity contribution in [2.24, 2.45) is 0 Å². The number of fused-ring (bicyclic) bond motifs is 1. The first kappa shape index (κ1) is 19.9. The van der Waals surface area contributed by atoms with E-state index in [1.165, 1.54) is 22.1 Å². The molecular formula is C24H24N4O2S. The number of carbonyl (C=O) groups excluding carboxylic acids is 2. The van der Waals surface area contributed by atoms with Crippen LogP contribution in [0.2, 0.25) is 0 Å². The third-order valence-electron chi connectivity index (χ3n) is 6.10. The molecule has 0 N–H and O–H groups in total. The van der Waals surface area contributed by atoms with E-state index in [9.17, 15) is 9.59 Å². The van der Waals surface area contributed by atoms with E-state index in [2.05, 4.69) is 34.1 Å². The zero-order valence-corrected chi connectivity index (χ0v) is 18.0. The van der Waals surface area contributed by atoms with Crippen molar-refractivity contribution >= 4 is 40.0 Å². The first-order valence-electron chi connectivity index (χ1n) is 10.6. The van der Waals surface area contributed by atoms with Crippen molar-refractivity contribution in [2.45, 2.75) is 6.04 Å². The summed E-state index contributed by atoms with van der Waals surface area (Å²) in [4.78, 5) is 35.2. The third-order valence-corrected chi connectivity index (χ3v) is 6.86. The van der Waals surface area contributed by atoms with Gasteiger partial charge in [0.2, 0.25) is 5.91 Å². The minimum Gasteiger partial charge on any atom is -0.336 e. The maximum atomic E-state index is 12.5. The molecule has 6 nitrogen and oxygen atoms in total. The minimum atomic E-state index is 0.0268. The number of benzene rings is 2. The summed E-state index contributed by atoms with van der Waals surface area (Å²) in [5.41, 5.74) is 1.03. The van der Waals surface area contributed by atoms with Crippen LogP contribution in [-0.2, 0) is 4.79 Å². The summed E-state index contributed by atoms with van der Waals surface area (Å²) in [5.74, 6) is 0.0842. The quantitative estimate of drug-likeness (QED) is 0.595. The first-order valence-corrected chi connectivity index (χ1v) is 11.4. The largest absolute Gasteiger partial charge is 0.336 e. The third kappa shape index (κ3) is 4.24. The number of hydrogen-bond donors (Lipinski definition) is 0. The van der Waals surface area contributed by atoms with Crippen LogP contribution in [0.25, 0.3) is 16.8 Å². The highest BCUT2D eigenvalue weighted by atomic mass is 32.1. The molecule has 5 rings (SSSR count). The van der Waals surface area contributed by atoms with Crippen LogP contribution in [0.4, 0.5) is 0 Å². The predicted molar refractivity (Wildman–Crippen MR) is 123 cm³/mol. The van der Waals surface area contributed by atoms with Gasteiger partial charge in [0.25, 0.3) is 5.91 Å². The Morgan fingerprint density at radius 1 is 0.968 bits per heavy atom. The van der Waals surface area contributed by atoms with Crippen molar-refractivity contribution in [3.05, 3.63) is 70.7 Å². The molecule has 2 saturated heterocycles. The molecule has 158 valence electrons. The highest BCUT2D eigenvalue weighted by molar-refractivity contribution is 7.11. The number of carbonyl (C=O) groups is 2. The van der Waals surface area contributed by atoms with Crippen molar-refractivity contribution in [1.82, 2.24) is 19.7 Å². The lowest BCUT2D eigenvalue weighted by molar-refractivity contribution is -0.133. The van der Waals surface area contributed by atoms with Crippen molar-refractivity contribution in [3.8, 4) is 0 Å². The molecule has 2 fully saturated rings. The summed E-state index contributed by atoms with van der Waals surface area (Å²) in [5, 5.41) is 4.77. The zero-order valence-electron chi connectivity index (χ0n) is 17.2. The van der Waals surface area contributed by atoms with Crippen molar-refractivity contribution < 1.29 is 9.59 Å². The predicted octanol–water partition coefficient (Wildman–Crippen LogP) is 2.98. The second-order valence-corrected chi connectivity index (χ2v) is 8.90. The van der Waals surface area contributed by atoms with Crippen LogP contribution in [0, 0.1) is 0 Å². The van der Waals surface area contributed by atoms with Crippen molar-refractivity contribution in [1.29, 1.82) is 0 Å². The van der Waals surface area contributed by atoms with Crippen LogP contribution in [0.5, 0.6) is 0 Å². The molecule has 2 aliphatic heterocycles. The van der Waals surface area contributed by atoms with Gasteiger partial charge >= 0.3 is 0 Å². The van der Waals surface area contributed by atoms with E-state index in [4.69, 9.17) is 0 Å². The van der Waals surface area contributed by atoms with Gasteiger partial charge in [-0.25, -0.2) is 4.98 Å². The smallest absolute Gasteiger partial charge is 0.282 e. The Labute approximate surface area is 185 Å². The number of hydrogen-bond acceptors (Lipinski definition) is 5. The summed E-state index contributed by atoms with van der Waals surface area (Å²) in [6.07, 6.45) is 5.23. The number of amides is 2. The summed E-state index contributed by atoms with van der Waals surface area (Å²) < 4.78 is 0. The molecule has 7 heteroatoms. The maximum Gasteiger partial charge on any atom is 0.282 e. The lowest BCUT2D eigenvalue weighted by Crippen LogP contribution is -2.64. The fourth-order valence-electron chi connectivity index (χ4n) is 4.21. The van der Waals surface area contributed by atoms with Gasteiger partial charge in [-0.3, -0.25) is 14.5 Å². The van der Waals surface area contributed by atoms with E-state index < -0.39 is 0 Å². The monoisotopic (exact) mass is 432 g/mol. The lowest BCUT2D eigenvalue weighted by atomic mass is 10.0. The Hall–Kier alpha value is -3.03. The number of nitrogens with zero attached hydrogens (tertiary/aromatic N) is 4. The van der Waals surface area contributed by atoms with E-state index in [0.29, 0.717) is 24.1 Å². The van der Waals surface area contributed by atoms with Gasteiger partial charge in [-0.15, -0.1) is 11.3 Å². The Morgan fingerprint density at radius 3 is 2.48 bits per heavy atom. The first-order chi connectivity index (χ1) is 15.2. The Kier molecular flexibility index (Phi) is 5.53. The molecule has 31 heavy (non-hydrogen) atoms. The zero-order chi connectivity index (χ0) is 21.2. The molecule has 1 aromatic heterocycles. The molecule has 2 aliphatic rings. The molecule has 2 amide bonds. The normalized spacial score (nSPS) is 17.9. The number of rotatable bonds is 4. The van der Waals surface area contributed by atoms with E-state index in [1.54, 1.807) is 12.3 Å². The number of aromatic nitrogens is 1. The number of likely N-dealkylation sites (tertiary alicyclic amines) is 1. The molecule has 2 aromatic carbocycles. The van der Waals surface area contributed by atoms with Crippen molar-refractivity contribution in [2.75, 3.05) is 39.3 Å². The molecule has 0 aliphatic carbocycles. The second-order valence-electron chi connectivity index (χ2n) is 8.00. The van der Waals surface area contributed by atoms with Crippen molar-refractivity contribution in [3.63, 3.8) is 0 Å². The van der Waals surface area contributed by atoms with Crippen LogP contribution in [0.15, 0.2) is 60.1 Å². The Balaban J connectivity index is 1.10. The average Bonchev–Trinajstić information content (AvgIpc) is 3.31. The van der Waals surface area contributed by atoms with E-state index in [0.717, 1.165) is 31.7 Å². The second kappa shape index (κ2) is 8.61. The van der Waals surface area contributed by atoms with E-state index in [1.807, 2.05) is 39.5 Å². The average molecular weight is 433 g/mol. The van der Waals surface area contributed by atoms with Gasteiger partial charge < -0.3 is 9.80 Å². The molecule has 0 unspecified atom stereocenters. The molecule has 0 spiro atoms. The highest BCUT2D eigenvalue weighted by Crippen LogP contribution is 2.20. The highest BCUT2D eigenvalue weighted by Gasteiger charge is 2.36. The molecule has 0 radical (unpaired) electrons. The fourth-order valence-corrected chi connectivity index (χ4v) is 4.81. The molecule has 3 heterocycles. The Morgan fingerprint density at radius 2 is 1.74 bits per heavy atom. The van der Waals surface area contributed by atoms with Crippen LogP contribution >= 0.6 is 11.3 Å². The Bertz CT molecular complexity index is 1110. The van der Waals surface area contributed by atoms with E-state index >= 15 is 0 Å². The van der Waals surface area contributed by atoms with Gasteiger partial charge in [0.1, 0.15) is 0 Å². The van der Waals surface area contributed by atoms with Gasteiger partial charge in [-0.2, -0.15) is 0 Å². The summed E-state index contributed by atoms with van der Waals surface area (Å²) in [6.45, 7) is 4.62. The number of piperazine rings is 1. The summed E-state index contributed by atoms with van der Waals surface area (Å²) >= 11 is 1.39. The van der Waals surface area contributed by atoms with Crippen LogP contribution in [0.1, 0.15) is 15.4 Å². The van der Waals surface area contributed by atoms with Gasteiger partial charge in [0.15, 0.2) is 5.01 Å².